The summed E-state index contributed by atoms with van der Waals surface area (Å²) in [6.07, 6.45) is -4.45. The minimum Gasteiger partial charge on any atom is -0.394 e. The van der Waals surface area contributed by atoms with Gasteiger partial charge in [-0.15, -0.1) is 4.73 Å². The number of ether oxygens (including phenoxy) is 1. The Hall–Kier alpha value is -2.06. The summed E-state index contributed by atoms with van der Waals surface area (Å²) >= 11 is 0. The van der Waals surface area contributed by atoms with Crippen LogP contribution < -0.4 is 15.9 Å². The van der Waals surface area contributed by atoms with Gasteiger partial charge in [0.15, 0.2) is 17.4 Å². The van der Waals surface area contributed by atoms with E-state index in [4.69, 9.17) is 25.4 Å². The van der Waals surface area contributed by atoms with Gasteiger partial charge in [-0.3, -0.25) is 19.1 Å². The minimum atomic E-state index is -5.10. The molecule has 15 heteroatoms. The third-order valence-electron chi connectivity index (χ3n) is 3.57. The van der Waals surface area contributed by atoms with Crippen LogP contribution in [0.3, 0.4) is 0 Å². The Balaban J connectivity index is 2.20. The molecular formula is C10H14N5O9P. The van der Waals surface area contributed by atoms with E-state index in [9.17, 15) is 19.6 Å². The number of anilines is 1. The molecule has 0 amide bonds. The molecule has 2 aromatic rings. The topological polar surface area (TPSA) is 215 Å². The number of fused-ring (bicyclic) bond motifs is 1. The molecule has 3 rings (SSSR count). The van der Waals surface area contributed by atoms with E-state index in [0.29, 0.717) is 4.73 Å². The quantitative estimate of drug-likeness (QED) is 0.283. The zero-order valence-electron chi connectivity index (χ0n) is 12.3. The summed E-state index contributed by atoms with van der Waals surface area (Å²) in [4.78, 5) is 37.0. The molecule has 1 aliphatic rings. The Morgan fingerprint density at radius 2 is 2.04 bits per heavy atom. The average molecular weight is 379 g/mol. The standard InChI is InChI=1S/C10H14N5O9P/c11-10-13-7(19)4-8(15(10)24-25(20,21)22)14(2-12-4)9-6(18)5(17)3(1-16)23-9/h2-3,5-6,9,16-18H,1H2,(H2,11,13,19)(H2,20,21,22). The smallest absolute Gasteiger partial charge is 0.394 e. The van der Waals surface area contributed by atoms with E-state index in [2.05, 4.69) is 14.6 Å². The maximum Gasteiger partial charge on any atom is 0.544 e. The molecule has 4 atom stereocenters. The number of hydrogen-bond acceptors (Lipinski definition) is 10. The molecule has 0 saturated carbocycles. The number of nitrogen functional groups attached to an aromatic ring is 1. The van der Waals surface area contributed by atoms with Crippen LogP contribution in [0.5, 0.6) is 0 Å². The van der Waals surface area contributed by atoms with Crippen molar-refractivity contribution >= 4 is 24.9 Å². The molecule has 3 heterocycles. The summed E-state index contributed by atoms with van der Waals surface area (Å²) in [5.74, 6) is -0.686. The third kappa shape index (κ3) is 3.00. The Kier molecular flexibility index (Phi) is 4.28. The van der Waals surface area contributed by atoms with Crippen molar-refractivity contribution in [3.05, 3.63) is 16.7 Å². The summed E-state index contributed by atoms with van der Waals surface area (Å²) in [6, 6.07) is 0. The van der Waals surface area contributed by atoms with Crippen LogP contribution in [0.25, 0.3) is 11.2 Å². The molecule has 0 aliphatic carbocycles. The average Bonchev–Trinajstić information content (AvgIpc) is 3.06. The molecule has 0 aromatic carbocycles. The number of nitrogens with two attached hydrogens (primary N) is 1. The predicted molar refractivity (Wildman–Crippen MR) is 77.8 cm³/mol. The number of aromatic nitrogens is 4. The fourth-order valence-corrected chi connectivity index (χ4v) is 2.87. The zero-order valence-corrected chi connectivity index (χ0v) is 13.2. The molecule has 1 aliphatic heterocycles. The van der Waals surface area contributed by atoms with Crippen molar-refractivity contribution in [1.29, 1.82) is 0 Å². The van der Waals surface area contributed by atoms with Crippen molar-refractivity contribution in [3.63, 3.8) is 0 Å². The molecule has 14 nitrogen and oxygen atoms in total. The first-order valence-corrected chi connectivity index (χ1v) is 8.30. The Morgan fingerprint density at radius 3 is 2.60 bits per heavy atom. The maximum atomic E-state index is 11.9. The van der Waals surface area contributed by atoms with Gasteiger partial charge in [-0.25, -0.2) is 9.55 Å². The lowest BCUT2D eigenvalue weighted by molar-refractivity contribution is -0.0517. The predicted octanol–water partition coefficient (Wildman–Crippen LogP) is -3.69. The number of imidazole rings is 1. The highest BCUT2D eigenvalue weighted by Gasteiger charge is 2.44. The largest absolute Gasteiger partial charge is 0.544 e. The number of rotatable bonds is 4. The first-order chi connectivity index (χ1) is 11.6. The minimum absolute atomic E-state index is 0.365. The molecule has 138 valence electrons. The molecule has 25 heavy (non-hydrogen) atoms. The summed E-state index contributed by atoms with van der Waals surface area (Å²) in [5.41, 5.74) is 3.83. The number of aliphatic hydroxyl groups excluding tert-OH is 3. The second kappa shape index (κ2) is 6.03. The van der Waals surface area contributed by atoms with Crippen molar-refractivity contribution < 1.29 is 39.0 Å². The van der Waals surface area contributed by atoms with E-state index >= 15 is 0 Å². The van der Waals surface area contributed by atoms with Crippen LogP contribution in [-0.4, -0.2) is 69.3 Å². The van der Waals surface area contributed by atoms with Gasteiger partial charge in [0, 0.05) is 0 Å². The third-order valence-corrected chi connectivity index (χ3v) is 3.94. The molecule has 1 fully saturated rings. The van der Waals surface area contributed by atoms with Gasteiger partial charge >= 0.3 is 13.4 Å². The van der Waals surface area contributed by atoms with Gasteiger partial charge < -0.3 is 30.4 Å². The van der Waals surface area contributed by atoms with Crippen molar-refractivity contribution in [1.82, 2.24) is 19.3 Å². The van der Waals surface area contributed by atoms with Gasteiger partial charge in [-0.1, -0.05) is 0 Å². The lowest BCUT2D eigenvalue weighted by atomic mass is 10.1. The number of nitrogens with zero attached hydrogens (tertiary/aromatic N) is 4. The van der Waals surface area contributed by atoms with E-state index in [-0.39, 0.29) is 11.2 Å². The monoisotopic (exact) mass is 379 g/mol. The Bertz CT molecular complexity index is 906. The van der Waals surface area contributed by atoms with Crippen LogP contribution in [0.1, 0.15) is 6.23 Å². The molecule has 4 unspecified atom stereocenters. The van der Waals surface area contributed by atoms with Crippen LogP contribution in [0, 0.1) is 0 Å². The highest BCUT2D eigenvalue weighted by Crippen LogP contribution is 2.35. The normalized spacial score (nSPS) is 27.1. The van der Waals surface area contributed by atoms with Crippen LogP contribution in [0.15, 0.2) is 11.1 Å². The second-order valence-electron chi connectivity index (χ2n) is 5.19. The maximum absolute atomic E-state index is 11.9. The van der Waals surface area contributed by atoms with Gasteiger partial charge in [0.1, 0.15) is 18.3 Å². The van der Waals surface area contributed by atoms with Crippen LogP contribution >= 0.6 is 7.82 Å². The van der Waals surface area contributed by atoms with Crippen molar-refractivity contribution in [2.75, 3.05) is 12.3 Å². The summed E-state index contributed by atoms with van der Waals surface area (Å²) in [5, 5.41) is 29.1. The van der Waals surface area contributed by atoms with Crippen molar-refractivity contribution in [2.45, 2.75) is 24.5 Å². The Morgan fingerprint density at radius 1 is 1.36 bits per heavy atom. The molecule has 0 radical (unpaired) electrons. The molecule has 0 spiro atoms. The molecule has 2 aromatic heterocycles. The van der Waals surface area contributed by atoms with E-state index in [0.717, 1.165) is 10.9 Å². The van der Waals surface area contributed by atoms with E-state index in [1.54, 1.807) is 0 Å². The zero-order chi connectivity index (χ0) is 18.5. The van der Waals surface area contributed by atoms with Gasteiger partial charge in [0.2, 0.25) is 5.95 Å². The lowest BCUT2D eigenvalue weighted by Gasteiger charge is -2.19. The molecule has 7 N–H and O–H groups in total. The van der Waals surface area contributed by atoms with Crippen molar-refractivity contribution in [3.8, 4) is 0 Å². The van der Waals surface area contributed by atoms with Crippen molar-refractivity contribution in [2.24, 2.45) is 0 Å². The van der Waals surface area contributed by atoms with Crippen LogP contribution in [0.2, 0.25) is 0 Å². The lowest BCUT2D eigenvalue weighted by Crippen LogP contribution is -2.33. The highest BCUT2D eigenvalue weighted by molar-refractivity contribution is 7.46. The first kappa shape index (κ1) is 17.8. The Labute approximate surface area is 137 Å². The van der Waals surface area contributed by atoms with E-state index in [1.807, 2.05) is 0 Å². The summed E-state index contributed by atoms with van der Waals surface area (Å²) in [6.45, 7) is -0.600. The van der Waals surface area contributed by atoms with Gasteiger partial charge in [-0.2, -0.15) is 4.98 Å². The first-order valence-electron chi connectivity index (χ1n) is 6.77. The summed E-state index contributed by atoms with van der Waals surface area (Å²) < 4.78 is 22.2. The van der Waals surface area contributed by atoms with Gasteiger partial charge in [0.25, 0.3) is 0 Å². The van der Waals surface area contributed by atoms with E-state index < -0.39 is 50.5 Å². The molecule has 1 saturated heterocycles. The van der Waals surface area contributed by atoms with Gasteiger partial charge in [-0.05, 0) is 0 Å². The van der Waals surface area contributed by atoms with Crippen LogP contribution in [0.4, 0.5) is 5.95 Å². The molecular weight excluding hydrogens is 365 g/mol. The SMILES string of the molecule is Nc1nc(=O)c2ncn(C3OC(CO)C(O)C3O)c2n1OP(=O)(O)O. The number of aliphatic hydroxyl groups is 3. The van der Waals surface area contributed by atoms with Gasteiger partial charge in [0.05, 0.1) is 12.9 Å². The number of hydrogen-bond donors (Lipinski definition) is 6. The molecule has 0 bridgehead atoms. The fraction of sp³-hybridized carbons (Fsp3) is 0.500. The number of phosphoric acid groups is 1. The van der Waals surface area contributed by atoms with Crippen LogP contribution in [-0.2, 0) is 9.30 Å². The fourth-order valence-electron chi connectivity index (χ4n) is 2.50. The van der Waals surface area contributed by atoms with E-state index in [1.165, 1.54) is 0 Å². The second-order valence-corrected chi connectivity index (χ2v) is 6.34. The highest BCUT2D eigenvalue weighted by atomic mass is 31.2. The summed E-state index contributed by atoms with van der Waals surface area (Å²) in [7, 11) is -5.10.